The molecule has 1 heterocycles. The highest BCUT2D eigenvalue weighted by molar-refractivity contribution is 5.65. The molecule has 0 fully saturated rings. The van der Waals surface area contributed by atoms with Gasteiger partial charge in [0.15, 0.2) is 0 Å². The molecule has 0 bridgehead atoms. The fourth-order valence-electron chi connectivity index (χ4n) is 1.78. The molecule has 0 unspecified atom stereocenters. The summed E-state index contributed by atoms with van der Waals surface area (Å²) in [5, 5.41) is 2.96. The second-order valence-electron chi connectivity index (χ2n) is 4.24. The van der Waals surface area contributed by atoms with Crippen LogP contribution in [0, 0.1) is 0 Å². The summed E-state index contributed by atoms with van der Waals surface area (Å²) in [5.41, 5.74) is -0.381. The van der Waals surface area contributed by atoms with Crippen molar-refractivity contribution in [3.05, 3.63) is 42.1 Å². The topological polar surface area (TPSA) is 37.8 Å². The Morgan fingerprint density at radius 3 is 2.60 bits per heavy atom. The van der Waals surface area contributed by atoms with Gasteiger partial charge in [-0.15, -0.1) is 0 Å². The largest absolute Gasteiger partial charge is 0.417 e. The number of nitrogens with one attached hydrogen (secondary N) is 1. The van der Waals surface area contributed by atoms with Crippen molar-refractivity contribution in [3.63, 3.8) is 0 Å². The van der Waals surface area contributed by atoms with E-state index in [4.69, 9.17) is 0 Å². The summed E-state index contributed by atoms with van der Waals surface area (Å²) in [7, 11) is 0. The highest BCUT2D eigenvalue weighted by Crippen LogP contribution is 2.36. The van der Waals surface area contributed by atoms with E-state index in [1.807, 2.05) is 6.92 Å². The van der Waals surface area contributed by atoms with Crippen LogP contribution in [0.3, 0.4) is 0 Å². The lowest BCUT2D eigenvalue weighted by Crippen LogP contribution is -2.08. The molecule has 0 aliphatic heterocycles. The normalized spacial score (nSPS) is 11.4. The molecule has 1 aromatic carbocycles. The molecular weight excluding hydrogens is 267 g/mol. The number of hydrogen-bond acceptors (Lipinski definition) is 3. The van der Waals surface area contributed by atoms with Gasteiger partial charge in [-0.25, -0.2) is 9.97 Å². The minimum Gasteiger partial charge on any atom is -0.354 e. The van der Waals surface area contributed by atoms with Crippen LogP contribution in [-0.4, -0.2) is 16.5 Å². The molecule has 2 aromatic rings. The zero-order valence-electron chi connectivity index (χ0n) is 10.9. The Morgan fingerprint density at radius 2 is 1.90 bits per heavy atom. The Bertz CT molecular complexity index is 582. The van der Waals surface area contributed by atoms with Crippen LogP contribution in [0.25, 0.3) is 11.3 Å². The zero-order chi connectivity index (χ0) is 14.6. The van der Waals surface area contributed by atoms with Crippen LogP contribution in [0.5, 0.6) is 0 Å². The van der Waals surface area contributed by atoms with Gasteiger partial charge in [-0.3, -0.25) is 0 Å². The molecule has 0 radical (unpaired) electrons. The molecule has 0 saturated carbocycles. The molecule has 0 atom stereocenters. The van der Waals surface area contributed by atoms with Crippen molar-refractivity contribution >= 4 is 5.95 Å². The van der Waals surface area contributed by atoms with Crippen molar-refractivity contribution in [3.8, 4) is 11.3 Å². The third-order valence-corrected chi connectivity index (χ3v) is 2.70. The molecule has 0 aliphatic carbocycles. The van der Waals surface area contributed by atoms with Gasteiger partial charge in [0.25, 0.3) is 0 Å². The first kappa shape index (κ1) is 14.3. The highest BCUT2D eigenvalue weighted by atomic mass is 19.4. The van der Waals surface area contributed by atoms with Crippen LogP contribution in [0.1, 0.15) is 18.9 Å². The van der Waals surface area contributed by atoms with Crippen molar-refractivity contribution in [2.75, 3.05) is 11.9 Å². The van der Waals surface area contributed by atoms with Crippen molar-refractivity contribution < 1.29 is 13.2 Å². The monoisotopic (exact) mass is 281 g/mol. The Kier molecular flexibility index (Phi) is 4.22. The lowest BCUT2D eigenvalue weighted by Gasteiger charge is -2.12. The van der Waals surface area contributed by atoms with E-state index in [2.05, 4.69) is 15.3 Å². The van der Waals surface area contributed by atoms with E-state index in [1.54, 1.807) is 6.07 Å². The Morgan fingerprint density at radius 1 is 1.15 bits per heavy atom. The first-order valence-electron chi connectivity index (χ1n) is 6.26. The maximum absolute atomic E-state index is 13.0. The summed E-state index contributed by atoms with van der Waals surface area (Å²) in [6.45, 7) is 2.65. The standard InChI is InChI=1S/C14H14F3N3/c1-2-8-18-13-19-9-7-12(20-13)10-5-3-4-6-11(10)14(15,16)17/h3-7,9H,2,8H2,1H3,(H,18,19,20). The summed E-state index contributed by atoms with van der Waals surface area (Å²) in [6.07, 6.45) is -2.07. The number of anilines is 1. The molecule has 0 saturated heterocycles. The second kappa shape index (κ2) is 5.90. The maximum atomic E-state index is 13.0. The van der Waals surface area contributed by atoms with E-state index < -0.39 is 11.7 Å². The Balaban J connectivity index is 2.42. The third-order valence-electron chi connectivity index (χ3n) is 2.70. The quantitative estimate of drug-likeness (QED) is 0.921. The lowest BCUT2D eigenvalue weighted by atomic mass is 10.0. The van der Waals surface area contributed by atoms with Crippen LogP contribution in [0.2, 0.25) is 0 Å². The smallest absolute Gasteiger partial charge is 0.354 e. The number of nitrogens with zero attached hydrogens (tertiary/aromatic N) is 2. The third kappa shape index (κ3) is 3.26. The predicted molar refractivity (Wildman–Crippen MR) is 71.3 cm³/mol. The van der Waals surface area contributed by atoms with Crippen molar-refractivity contribution in [1.82, 2.24) is 9.97 Å². The Labute approximate surface area is 114 Å². The first-order valence-corrected chi connectivity index (χ1v) is 6.26. The van der Waals surface area contributed by atoms with Gasteiger partial charge >= 0.3 is 6.18 Å². The van der Waals surface area contributed by atoms with Crippen molar-refractivity contribution in [2.24, 2.45) is 0 Å². The summed E-state index contributed by atoms with van der Waals surface area (Å²) in [6, 6.07) is 6.86. The van der Waals surface area contributed by atoms with Crippen LogP contribution >= 0.6 is 0 Å². The van der Waals surface area contributed by atoms with Crippen molar-refractivity contribution in [2.45, 2.75) is 19.5 Å². The van der Waals surface area contributed by atoms with Gasteiger partial charge in [0.1, 0.15) is 0 Å². The molecular formula is C14H14F3N3. The van der Waals surface area contributed by atoms with Gasteiger partial charge in [-0.05, 0) is 18.6 Å². The average molecular weight is 281 g/mol. The van der Waals surface area contributed by atoms with E-state index in [9.17, 15) is 13.2 Å². The number of benzene rings is 1. The molecule has 2 rings (SSSR count). The average Bonchev–Trinajstić information content (AvgIpc) is 2.44. The van der Waals surface area contributed by atoms with Gasteiger partial charge in [0.05, 0.1) is 11.3 Å². The first-order chi connectivity index (χ1) is 9.52. The summed E-state index contributed by atoms with van der Waals surface area (Å²) in [4.78, 5) is 8.12. The Hall–Kier alpha value is -2.11. The SMILES string of the molecule is CCCNc1nccc(-c2ccccc2C(F)(F)F)n1. The molecule has 20 heavy (non-hydrogen) atoms. The molecule has 106 valence electrons. The van der Waals surface area contributed by atoms with Gasteiger partial charge in [0.2, 0.25) is 5.95 Å². The van der Waals surface area contributed by atoms with Gasteiger partial charge in [-0.2, -0.15) is 13.2 Å². The van der Waals surface area contributed by atoms with Crippen LogP contribution in [-0.2, 0) is 6.18 Å². The van der Waals surface area contributed by atoms with Gasteiger partial charge < -0.3 is 5.32 Å². The van der Waals surface area contributed by atoms with Gasteiger partial charge in [0, 0.05) is 18.3 Å². The van der Waals surface area contributed by atoms with E-state index >= 15 is 0 Å². The summed E-state index contributed by atoms with van der Waals surface area (Å²) < 4.78 is 38.9. The zero-order valence-corrected chi connectivity index (χ0v) is 10.9. The predicted octanol–water partition coefficient (Wildman–Crippen LogP) is 3.98. The fraction of sp³-hybridized carbons (Fsp3) is 0.286. The number of aromatic nitrogens is 2. The van der Waals surface area contributed by atoms with Crippen molar-refractivity contribution in [1.29, 1.82) is 0 Å². The number of halogens is 3. The molecule has 0 aliphatic rings. The molecule has 1 aromatic heterocycles. The van der Waals surface area contributed by atoms with E-state index in [-0.39, 0.29) is 11.3 Å². The summed E-state index contributed by atoms with van der Waals surface area (Å²) >= 11 is 0. The van der Waals surface area contributed by atoms with Crippen LogP contribution in [0.4, 0.5) is 19.1 Å². The van der Waals surface area contributed by atoms with E-state index in [0.717, 1.165) is 12.5 Å². The number of rotatable bonds is 4. The molecule has 6 heteroatoms. The maximum Gasteiger partial charge on any atom is 0.417 e. The number of alkyl halides is 3. The fourth-order valence-corrected chi connectivity index (χ4v) is 1.78. The number of hydrogen-bond donors (Lipinski definition) is 1. The summed E-state index contributed by atoms with van der Waals surface area (Å²) in [5.74, 6) is 0.335. The van der Waals surface area contributed by atoms with Crippen LogP contribution < -0.4 is 5.32 Å². The lowest BCUT2D eigenvalue weighted by molar-refractivity contribution is -0.137. The minimum atomic E-state index is -4.40. The van der Waals surface area contributed by atoms with Crippen LogP contribution in [0.15, 0.2) is 36.5 Å². The van der Waals surface area contributed by atoms with Gasteiger partial charge in [-0.1, -0.05) is 25.1 Å². The molecule has 0 spiro atoms. The molecule has 1 N–H and O–H groups in total. The highest BCUT2D eigenvalue weighted by Gasteiger charge is 2.33. The molecule has 3 nitrogen and oxygen atoms in total. The van der Waals surface area contributed by atoms with E-state index in [1.165, 1.54) is 24.4 Å². The molecule has 0 amide bonds. The second-order valence-corrected chi connectivity index (χ2v) is 4.24. The minimum absolute atomic E-state index is 0.0574. The van der Waals surface area contributed by atoms with E-state index in [0.29, 0.717) is 12.5 Å².